The van der Waals surface area contributed by atoms with Gasteiger partial charge < -0.3 is 14.4 Å². The number of aliphatic hydroxyl groups excluding tert-OH is 1. The average Bonchev–Trinajstić information content (AvgIpc) is 3.36. The highest BCUT2D eigenvalue weighted by Crippen LogP contribution is 2.38. The van der Waals surface area contributed by atoms with Gasteiger partial charge in [-0.15, -0.1) is 0 Å². The Bertz CT molecular complexity index is 1040. The standard InChI is InChI=1S/C31H47NO3/c1-21(2)26(20-33)31(7,8)15-14-22(3)11-10-16-32-19-23(17-29(32)34)24-12-9-13-27-25(24)18-28(35-27)30(4,5)6/h9,11-13,18,21,23,26,33H,10,14-17,19-20H2,1-8H3. The topological polar surface area (TPSA) is 53.7 Å². The van der Waals surface area contributed by atoms with Gasteiger partial charge in [-0.2, -0.15) is 0 Å². The van der Waals surface area contributed by atoms with Gasteiger partial charge in [0.25, 0.3) is 0 Å². The third-order valence-electron chi connectivity index (χ3n) is 8.05. The first-order valence-electron chi connectivity index (χ1n) is 13.4. The first-order valence-corrected chi connectivity index (χ1v) is 13.4. The van der Waals surface area contributed by atoms with Crippen LogP contribution < -0.4 is 0 Å². The molecule has 35 heavy (non-hydrogen) atoms. The van der Waals surface area contributed by atoms with E-state index in [1.165, 1.54) is 11.1 Å². The minimum Gasteiger partial charge on any atom is -0.461 e. The van der Waals surface area contributed by atoms with Crippen LogP contribution in [0, 0.1) is 17.3 Å². The maximum Gasteiger partial charge on any atom is 0.223 e. The summed E-state index contributed by atoms with van der Waals surface area (Å²) in [5.41, 5.74) is 3.59. The van der Waals surface area contributed by atoms with Crippen LogP contribution in [-0.2, 0) is 10.2 Å². The van der Waals surface area contributed by atoms with Crippen molar-refractivity contribution < 1.29 is 14.3 Å². The predicted octanol–water partition coefficient (Wildman–Crippen LogP) is 7.45. The van der Waals surface area contributed by atoms with E-state index in [9.17, 15) is 9.90 Å². The van der Waals surface area contributed by atoms with Crippen LogP contribution in [0.5, 0.6) is 0 Å². The van der Waals surface area contributed by atoms with E-state index in [0.29, 0.717) is 18.3 Å². The summed E-state index contributed by atoms with van der Waals surface area (Å²) in [4.78, 5) is 14.9. The largest absolute Gasteiger partial charge is 0.461 e. The molecule has 2 heterocycles. The minimum absolute atomic E-state index is 0.0407. The Balaban J connectivity index is 1.59. The van der Waals surface area contributed by atoms with Gasteiger partial charge in [0.1, 0.15) is 11.3 Å². The summed E-state index contributed by atoms with van der Waals surface area (Å²) in [6, 6.07) is 8.41. The zero-order valence-corrected chi connectivity index (χ0v) is 23.3. The number of rotatable bonds is 10. The van der Waals surface area contributed by atoms with Crippen molar-refractivity contribution in [2.75, 3.05) is 19.7 Å². The fourth-order valence-corrected chi connectivity index (χ4v) is 5.64. The average molecular weight is 482 g/mol. The second-order valence-corrected chi connectivity index (χ2v) is 12.7. The van der Waals surface area contributed by atoms with Crippen molar-refractivity contribution in [3.8, 4) is 0 Å². The normalized spacial score (nSPS) is 18.8. The third-order valence-corrected chi connectivity index (χ3v) is 8.05. The lowest BCUT2D eigenvalue weighted by Crippen LogP contribution is -2.31. The molecule has 1 aliphatic heterocycles. The van der Waals surface area contributed by atoms with Crippen molar-refractivity contribution in [3.63, 3.8) is 0 Å². The molecular weight excluding hydrogens is 434 g/mol. The van der Waals surface area contributed by atoms with Crippen molar-refractivity contribution in [1.29, 1.82) is 0 Å². The van der Waals surface area contributed by atoms with Crippen LogP contribution >= 0.6 is 0 Å². The minimum atomic E-state index is -0.0407. The second kappa shape index (κ2) is 10.9. The quantitative estimate of drug-likeness (QED) is 0.358. The van der Waals surface area contributed by atoms with Gasteiger partial charge in [-0.25, -0.2) is 0 Å². The fraction of sp³-hybridized carbons (Fsp3) is 0.645. The number of likely N-dealkylation sites (tertiary alicyclic amines) is 1. The molecule has 2 atom stereocenters. The molecule has 194 valence electrons. The molecule has 2 aromatic rings. The fourth-order valence-electron chi connectivity index (χ4n) is 5.64. The highest BCUT2D eigenvalue weighted by Gasteiger charge is 2.33. The van der Waals surface area contributed by atoms with Gasteiger partial charge in [-0.1, -0.05) is 72.2 Å². The number of carbonyl (C=O) groups is 1. The first kappa shape index (κ1) is 27.5. The van der Waals surface area contributed by atoms with Crippen molar-refractivity contribution in [2.45, 2.75) is 92.4 Å². The lowest BCUT2D eigenvalue weighted by molar-refractivity contribution is -0.127. The maximum absolute atomic E-state index is 12.8. The highest BCUT2D eigenvalue weighted by molar-refractivity contribution is 5.86. The van der Waals surface area contributed by atoms with Gasteiger partial charge >= 0.3 is 0 Å². The van der Waals surface area contributed by atoms with Gasteiger partial charge in [0.2, 0.25) is 5.91 Å². The molecule has 3 rings (SSSR count). The van der Waals surface area contributed by atoms with Crippen LogP contribution in [0.25, 0.3) is 11.0 Å². The number of furan rings is 1. The molecule has 1 amide bonds. The van der Waals surface area contributed by atoms with Crippen LogP contribution in [0.1, 0.15) is 98.3 Å². The Kier molecular flexibility index (Phi) is 8.57. The Morgan fingerprint density at radius 2 is 1.94 bits per heavy atom. The van der Waals surface area contributed by atoms with E-state index in [1.807, 2.05) is 11.0 Å². The van der Waals surface area contributed by atoms with E-state index in [-0.39, 0.29) is 29.3 Å². The lowest BCUT2D eigenvalue weighted by Gasteiger charge is -2.36. The monoisotopic (exact) mass is 481 g/mol. The summed E-state index contributed by atoms with van der Waals surface area (Å²) in [7, 11) is 0. The van der Waals surface area contributed by atoms with Crippen molar-refractivity contribution in [3.05, 3.63) is 47.2 Å². The summed E-state index contributed by atoms with van der Waals surface area (Å²) in [6.45, 7) is 19.4. The molecule has 4 nitrogen and oxygen atoms in total. The van der Waals surface area contributed by atoms with E-state index in [1.54, 1.807) is 0 Å². The van der Waals surface area contributed by atoms with Crippen molar-refractivity contribution in [1.82, 2.24) is 4.90 Å². The number of carbonyl (C=O) groups excluding carboxylic acids is 1. The smallest absolute Gasteiger partial charge is 0.223 e. The molecule has 0 radical (unpaired) electrons. The molecule has 0 spiro atoms. The number of fused-ring (bicyclic) bond motifs is 1. The van der Waals surface area contributed by atoms with Gasteiger partial charge in [0, 0.05) is 42.8 Å². The summed E-state index contributed by atoms with van der Waals surface area (Å²) in [5.74, 6) is 2.24. The second-order valence-electron chi connectivity index (χ2n) is 12.7. The van der Waals surface area contributed by atoms with Gasteiger partial charge in [0.15, 0.2) is 0 Å². The Labute approximate surface area is 212 Å². The van der Waals surface area contributed by atoms with Gasteiger partial charge in [-0.3, -0.25) is 4.79 Å². The van der Waals surface area contributed by atoms with E-state index >= 15 is 0 Å². The zero-order valence-electron chi connectivity index (χ0n) is 23.3. The van der Waals surface area contributed by atoms with E-state index < -0.39 is 0 Å². The molecule has 1 saturated heterocycles. The van der Waals surface area contributed by atoms with Crippen LogP contribution in [0.3, 0.4) is 0 Å². The summed E-state index contributed by atoms with van der Waals surface area (Å²) < 4.78 is 6.14. The van der Waals surface area contributed by atoms with Crippen LogP contribution in [0.2, 0.25) is 0 Å². The molecule has 0 aliphatic carbocycles. The van der Waals surface area contributed by atoms with E-state index in [0.717, 1.165) is 49.1 Å². The Hall–Kier alpha value is -2.07. The number of benzene rings is 1. The first-order chi connectivity index (χ1) is 16.3. The summed E-state index contributed by atoms with van der Waals surface area (Å²) in [6.07, 6.45) is 5.86. The lowest BCUT2D eigenvalue weighted by atomic mass is 9.70. The van der Waals surface area contributed by atoms with Crippen LogP contribution in [0.4, 0.5) is 0 Å². The third kappa shape index (κ3) is 6.58. The van der Waals surface area contributed by atoms with Crippen LogP contribution in [0.15, 0.2) is 40.3 Å². The van der Waals surface area contributed by atoms with E-state index in [2.05, 4.69) is 79.7 Å². The molecule has 1 aliphatic rings. The molecule has 1 fully saturated rings. The number of nitrogens with zero attached hydrogens (tertiary/aromatic N) is 1. The van der Waals surface area contributed by atoms with Crippen molar-refractivity contribution in [2.24, 2.45) is 17.3 Å². The number of amides is 1. The molecule has 0 bridgehead atoms. The molecule has 0 saturated carbocycles. The summed E-state index contributed by atoms with van der Waals surface area (Å²) in [5, 5.41) is 11.0. The molecule has 2 unspecified atom stereocenters. The highest BCUT2D eigenvalue weighted by atomic mass is 16.3. The predicted molar refractivity (Wildman–Crippen MR) is 146 cm³/mol. The number of allylic oxidation sites excluding steroid dienone is 1. The van der Waals surface area contributed by atoms with Gasteiger partial charge in [0.05, 0.1) is 0 Å². The molecule has 4 heteroatoms. The number of hydrogen-bond donors (Lipinski definition) is 1. The Morgan fingerprint density at radius 3 is 2.57 bits per heavy atom. The summed E-state index contributed by atoms with van der Waals surface area (Å²) >= 11 is 0. The molecule has 1 aromatic carbocycles. The number of aliphatic hydroxyl groups is 1. The molecule has 1 N–H and O–H groups in total. The van der Waals surface area contributed by atoms with Gasteiger partial charge in [-0.05, 0) is 61.1 Å². The maximum atomic E-state index is 12.8. The zero-order chi connectivity index (χ0) is 26.0. The van der Waals surface area contributed by atoms with Crippen molar-refractivity contribution >= 4 is 16.9 Å². The SMILES string of the molecule is CC(=CCCN1CC(c2cccc3oc(C(C)(C)C)cc23)CC1=O)CCC(C)(C)C(CO)C(C)C. The number of hydrogen-bond acceptors (Lipinski definition) is 3. The Morgan fingerprint density at radius 1 is 1.23 bits per heavy atom. The van der Waals surface area contributed by atoms with E-state index in [4.69, 9.17) is 4.42 Å². The van der Waals surface area contributed by atoms with Crippen LogP contribution in [-0.4, -0.2) is 35.6 Å². The molecular formula is C31H47NO3. The molecule has 1 aromatic heterocycles.